The van der Waals surface area contributed by atoms with E-state index in [1.54, 1.807) is 18.5 Å². The molecule has 1 saturated heterocycles. The van der Waals surface area contributed by atoms with Crippen molar-refractivity contribution in [2.75, 3.05) is 31.1 Å². The number of aromatic amines is 1. The van der Waals surface area contributed by atoms with Crippen LogP contribution in [0.15, 0.2) is 43.0 Å². The number of ether oxygens (including phenoxy) is 1. The van der Waals surface area contributed by atoms with Gasteiger partial charge < -0.3 is 15.0 Å². The van der Waals surface area contributed by atoms with Gasteiger partial charge in [-0.15, -0.1) is 0 Å². The van der Waals surface area contributed by atoms with Crippen LogP contribution in [0.25, 0.3) is 22.2 Å². The first-order valence-electron chi connectivity index (χ1n) is 10.1. The Kier molecular flexibility index (Phi) is 5.79. The molecule has 1 atom stereocenters. The van der Waals surface area contributed by atoms with Crippen LogP contribution in [0.4, 0.5) is 5.95 Å². The van der Waals surface area contributed by atoms with Gasteiger partial charge in [-0.1, -0.05) is 23.2 Å². The molecule has 9 nitrogen and oxygen atoms in total. The quantitative estimate of drug-likeness (QED) is 0.380. The average Bonchev–Trinajstić information content (AvgIpc) is 3.23. The summed E-state index contributed by atoms with van der Waals surface area (Å²) in [5.74, 6) is 1.27. The van der Waals surface area contributed by atoms with Crippen LogP contribution in [-0.4, -0.2) is 51.3 Å². The van der Waals surface area contributed by atoms with Crippen molar-refractivity contribution in [2.45, 2.75) is 6.23 Å². The highest BCUT2D eigenvalue weighted by atomic mass is 35.5. The maximum atomic E-state index is 6.21. The molecule has 32 heavy (non-hydrogen) atoms. The first-order valence-corrected chi connectivity index (χ1v) is 10.8. The van der Waals surface area contributed by atoms with Crippen LogP contribution in [-0.2, 0) is 0 Å². The topological polar surface area (TPSA) is 118 Å². The molecule has 1 aromatic carbocycles. The predicted octanol–water partition coefficient (Wildman–Crippen LogP) is 3.17. The summed E-state index contributed by atoms with van der Waals surface area (Å²) in [4.78, 5) is 15.2. The summed E-state index contributed by atoms with van der Waals surface area (Å²) in [7, 11) is 0. The van der Waals surface area contributed by atoms with Gasteiger partial charge in [0, 0.05) is 67.5 Å². The van der Waals surface area contributed by atoms with Gasteiger partial charge in [0.2, 0.25) is 5.95 Å². The third-order valence-corrected chi connectivity index (χ3v) is 5.89. The van der Waals surface area contributed by atoms with Crippen LogP contribution < -0.4 is 20.7 Å². The van der Waals surface area contributed by atoms with E-state index >= 15 is 0 Å². The first-order chi connectivity index (χ1) is 15.6. The monoisotopic (exact) mass is 470 g/mol. The number of halogens is 2. The number of piperazine rings is 1. The summed E-state index contributed by atoms with van der Waals surface area (Å²) >= 11 is 12.4. The maximum absolute atomic E-state index is 6.21. The van der Waals surface area contributed by atoms with Gasteiger partial charge in [0.1, 0.15) is 11.4 Å². The molecule has 0 spiro atoms. The van der Waals surface area contributed by atoms with Crippen molar-refractivity contribution in [2.24, 2.45) is 5.73 Å². The zero-order chi connectivity index (χ0) is 22.1. The second kappa shape index (κ2) is 8.87. The van der Waals surface area contributed by atoms with Crippen molar-refractivity contribution in [3.05, 3.63) is 58.6 Å². The Bertz CT molecular complexity index is 1220. The fourth-order valence-corrected chi connectivity index (χ4v) is 4.24. The number of benzene rings is 1. The van der Waals surface area contributed by atoms with E-state index in [2.05, 4.69) is 35.4 Å². The number of pyridine rings is 1. The van der Waals surface area contributed by atoms with Crippen LogP contribution in [0.2, 0.25) is 10.0 Å². The van der Waals surface area contributed by atoms with E-state index < -0.39 is 6.23 Å². The zero-order valence-electron chi connectivity index (χ0n) is 16.9. The first kappa shape index (κ1) is 20.9. The molecule has 0 aliphatic carbocycles. The van der Waals surface area contributed by atoms with E-state index in [1.165, 1.54) is 12.4 Å². The minimum Gasteiger partial charge on any atom is -0.471 e. The number of H-pyrrole nitrogens is 1. The molecule has 4 heterocycles. The second-order valence-corrected chi connectivity index (χ2v) is 8.16. The molecule has 4 N–H and O–H groups in total. The van der Waals surface area contributed by atoms with Crippen LogP contribution in [0.3, 0.4) is 0 Å². The van der Waals surface area contributed by atoms with E-state index in [4.69, 9.17) is 33.7 Å². The van der Waals surface area contributed by atoms with Gasteiger partial charge in [-0.05, 0) is 18.2 Å². The predicted molar refractivity (Wildman–Crippen MR) is 124 cm³/mol. The molecule has 0 amide bonds. The maximum Gasteiger partial charge on any atom is 0.225 e. The van der Waals surface area contributed by atoms with Crippen LogP contribution in [0, 0.1) is 0 Å². The zero-order valence-corrected chi connectivity index (χ0v) is 18.4. The van der Waals surface area contributed by atoms with Gasteiger partial charge in [0.15, 0.2) is 6.23 Å². The molecule has 1 aliphatic rings. The van der Waals surface area contributed by atoms with E-state index in [9.17, 15) is 0 Å². The average molecular weight is 471 g/mol. The van der Waals surface area contributed by atoms with Crippen LogP contribution in [0.5, 0.6) is 5.75 Å². The Morgan fingerprint density at radius 3 is 2.47 bits per heavy atom. The summed E-state index contributed by atoms with van der Waals surface area (Å²) in [6.07, 6.45) is 5.68. The standard InChI is InChI=1S/C21H20Cl2N8O/c22-15-10-26-11-16(23)18(15)20(24)32-13-1-2-17-14(7-13)19(30-29-17)12-8-27-21(28-9-12)31-5-3-25-4-6-31/h1-2,7-11,20,25H,3-6,24H2,(H,29,30)/t20-/m0/s1. The molecule has 1 aliphatic heterocycles. The molecule has 164 valence electrons. The Balaban J connectivity index is 1.41. The number of anilines is 1. The highest BCUT2D eigenvalue weighted by molar-refractivity contribution is 6.35. The second-order valence-electron chi connectivity index (χ2n) is 7.34. The fourth-order valence-electron chi connectivity index (χ4n) is 3.66. The molecule has 0 saturated carbocycles. The van der Waals surface area contributed by atoms with E-state index in [0.717, 1.165) is 54.3 Å². The van der Waals surface area contributed by atoms with Gasteiger partial charge in [-0.2, -0.15) is 5.10 Å². The summed E-state index contributed by atoms with van der Waals surface area (Å²) in [6.45, 7) is 3.63. The number of rotatable bonds is 5. The molecule has 11 heteroatoms. The summed E-state index contributed by atoms with van der Waals surface area (Å²) in [5.41, 5.74) is 9.08. The van der Waals surface area contributed by atoms with E-state index in [-0.39, 0.29) is 0 Å². The lowest BCUT2D eigenvalue weighted by molar-refractivity contribution is 0.214. The minimum atomic E-state index is -0.854. The van der Waals surface area contributed by atoms with Crippen molar-refractivity contribution in [3.63, 3.8) is 0 Å². The van der Waals surface area contributed by atoms with Crippen molar-refractivity contribution in [3.8, 4) is 17.0 Å². The third kappa shape index (κ3) is 4.07. The van der Waals surface area contributed by atoms with Gasteiger partial charge in [0.05, 0.1) is 15.6 Å². The molecule has 0 unspecified atom stereocenters. The normalized spacial score (nSPS) is 15.2. The van der Waals surface area contributed by atoms with Crippen molar-refractivity contribution in [1.29, 1.82) is 0 Å². The van der Waals surface area contributed by atoms with Gasteiger partial charge in [0.25, 0.3) is 0 Å². The molecule has 4 aromatic rings. The van der Waals surface area contributed by atoms with E-state index in [1.807, 2.05) is 12.1 Å². The molecule has 5 rings (SSSR count). The Hall–Kier alpha value is -2.98. The lowest BCUT2D eigenvalue weighted by Gasteiger charge is -2.27. The number of hydrogen-bond donors (Lipinski definition) is 3. The highest BCUT2D eigenvalue weighted by Crippen LogP contribution is 2.33. The summed E-state index contributed by atoms with van der Waals surface area (Å²) in [5, 5.41) is 12.4. The van der Waals surface area contributed by atoms with E-state index in [0.29, 0.717) is 21.4 Å². The SMILES string of the molecule is N[C@@H](Oc1ccc2[nH]nc(-c3cnc(N4CCNCC4)nc3)c2c1)c1c(Cl)cncc1Cl. The van der Waals surface area contributed by atoms with Gasteiger partial charge in [-0.3, -0.25) is 15.8 Å². The molecule has 1 fully saturated rings. The number of nitrogens with two attached hydrogens (primary N) is 1. The fraction of sp³-hybridized carbons (Fsp3) is 0.238. The molecular formula is C21H20Cl2N8O. The Morgan fingerprint density at radius 2 is 1.75 bits per heavy atom. The van der Waals surface area contributed by atoms with Crippen molar-refractivity contribution >= 4 is 40.1 Å². The number of fused-ring (bicyclic) bond motifs is 1. The summed E-state index contributed by atoms with van der Waals surface area (Å²) in [6, 6.07) is 5.54. The number of hydrogen-bond acceptors (Lipinski definition) is 8. The molecule has 3 aromatic heterocycles. The Morgan fingerprint density at radius 1 is 1.03 bits per heavy atom. The Labute approximate surface area is 193 Å². The van der Waals surface area contributed by atoms with Crippen LogP contribution in [0.1, 0.15) is 11.8 Å². The smallest absolute Gasteiger partial charge is 0.225 e. The minimum absolute atomic E-state index is 0.344. The van der Waals surface area contributed by atoms with Crippen molar-refractivity contribution < 1.29 is 4.74 Å². The highest BCUT2D eigenvalue weighted by Gasteiger charge is 2.18. The third-order valence-electron chi connectivity index (χ3n) is 5.28. The van der Waals surface area contributed by atoms with Crippen molar-refractivity contribution in [1.82, 2.24) is 30.5 Å². The lowest BCUT2D eigenvalue weighted by Crippen LogP contribution is -2.44. The molecule has 0 radical (unpaired) electrons. The van der Waals surface area contributed by atoms with Crippen LogP contribution >= 0.6 is 23.2 Å². The number of nitrogens with one attached hydrogen (secondary N) is 2. The molecule has 0 bridgehead atoms. The van der Waals surface area contributed by atoms with Gasteiger partial charge >= 0.3 is 0 Å². The lowest BCUT2D eigenvalue weighted by atomic mass is 10.1. The van der Waals surface area contributed by atoms with Gasteiger partial charge in [-0.25, -0.2) is 9.97 Å². The number of aromatic nitrogens is 5. The molecular weight excluding hydrogens is 451 g/mol. The number of nitrogens with zero attached hydrogens (tertiary/aromatic N) is 5. The largest absolute Gasteiger partial charge is 0.471 e. The summed E-state index contributed by atoms with van der Waals surface area (Å²) < 4.78 is 5.92.